The fourth-order valence-corrected chi connectivity index (χ4v) is 9.00. The molecular formula is C21H35NO4Si. The highest BCUT2D eigenvalue weighted by molar-refractivity contribution is 6.77. The van der Waals surface area contributed by atoms with Gasteiger partial charge in [-0.2, -0.15) is 0 Å². The minimum atomic E-state index is -2.17. The predicted molar refractivity (Wildman–Crippen MR) is 110 cm³/mol. The first-order chi connectivity index (χ1) is 12.7. The number of hydrogen-bond donors (Lipinski definition) is 0. The van der Waals surface area contributed by atoms with E-state index in [4.69, 9.17) is 9.26 Å². The highest BCUT2D eigenvalue weighted by atomic mass is 28.4. The van der Waals surface area contributed by atoms with Gasteiger partial charge < -0.3 is 9.26 Å². The molecular weight excluding hydrogens is 358 g/mol. The third-order valence-corrected chi connectivity index (χ3v) is 11.1. The number of hydroxylamine groups is 2. The predicted octanol–water partition coefficient (Wildman–Crippen LogP) is 5.08. The molecule has 1 aromatic rings. The summed E-state index contributed by atoms with van der Waals surface area (Å²) in [6, 6.07) is 9.59. The third kappa shape index (κ3) is 6.77. The molecule has 27 heavy (non-hydrogen) atoms. The van der Waals surface area contributed by atoms with E-state index in [0.717, 1.165) is 12.0 Å². The molecule has 0 aliphatic heterocycles. The number of rotatable bonds is 12. The summed E-state index contributed by atoms with van der Waals surface area (Å²) in [6.45, 7) is 13.7. The zero-order valence-corrected chi connectivity index (χ0v) is 18.6. The van der Waals surface area contributed by atoms with Gasteiger partial charge in [-0.1, -0.05) is 71.9 Å². The van der Waals surface area contributed by atoms with Crippen molar-refractivity contribution in [3.05, 3.63) is 35.9 Å². The standard InChI is InChI=1S/C21H35NO4Si/c1-17(2)27(18(3)4,19(5)6)26-22(16-23)14-10-13-21(24)25-15-20-11-8-7-9-12-20/h7-9,11-12,16-19H,10,13-15H2,1-6H3. The molecule has 6 heteroatoms. The van der Waals surface area contributed by atoms with Crippen molar-refractivity contribution in [3.8, 4) is 0 Å². The first kappa shape index (κ1) is 23.4. The van der Waals surface area contributed by atoms with E-state index in [-0.39, 0.29) is 19.0 Å². The second kappa shape index (κ2) is 11.2. The van der Waals surface area contributed by atoms with Crippen LogP contribution in [0.5, 0.6) is 0 Å². The zero-order chi connectivity index (χ0) is 20.4. The van der Waals surface area contributed by atoms with Crippen LogP contribution >= 0.6 is 0 Å². The number of hydrogen-bond acceptors (Lipinski definition) is 4. The Morgan fingerprint density at radius 1 is 1.04 bits per heavy atom. The molecule has 1 amide bonds. The van der Waals surface area contributed by atoms with Crippen molar-refractivity contribution in [2.75, 3.05) is 6.54 Å². The average molecular weight is 394 g/mol. The summed E-state index contributed by atoms with van der Waals surface area (Å²) in [5.41, 5.74) is 2.12. The van der Waals surface area contributed by atoms with Crippen LogP contribution in [0.4, 0.5) is 0 Å². The molecule has 0 spiro atoms. The number of carbonyl (C=O) groups excluding carboxylic acids is 2. The SMILES string of the molecule is CC(C)[Si](ON(C=O)CCCC(=O)OCc1ccccc1)(C(C)C)C(C)C. The van der Waals surface area contributed by atoms with Crippen LogP contribution in [-0.2, 0) is 25.5 Å². The van der Waals surface area contributed by atoms with Gasteiger partial charge in [-0.25, -0.2) is 5.06 Å². The van der Waals surface area contributed by atoms with Crippen molar-refractivity contribution in [3.63, 3.8) is 0 Å². The fourth-order valence-electron chi connectivity index (χ4n) is 3.83. The first-order valence-electron chi connectivity index (χ1n) is 9.84. The zero-order valence-electron chi connectivity index (χ0n) is 17.6. The molecule has 0 bridgehead atoms. The molecule has 0 aromatic heterocycles. The van der Waals surface area contributed by atoms with Gasteiger partial charge in [0.05, 0.1) is 0 Å². The highest BCUT2D eigenvalue weighted by Gasteiger charge is 2.47. The summed E-state index contributed by atoms with van der Waals surface area (Å²) in [5.74, 6) is -0.259. The molecule has 0 heterocycles. The maximum atomic E-state index is 11.9. The van der Waals surface area contributed by atoms with E-state index in [1.807, 2.05) is 30.3 Å². The Hall–Kier alpha value is -1.66. The second-order valence-corrected chi connectivity index (χ2v) is 13.3. The number of amides is 1. The van der Waals surface area contributed by atoms with Gasteiger partial charge in [0.1, 0.15) is 6.61 Å². The number of esters is 1. The lowest BCUT2D eigenvalue weighted by Crippen LogP contribution is -2.52. The van der Waals surface area contributed by atoms with Crippen LogP contribution in [0.2, 0.25) is 16.6 Å². The Kier molecular flexibility index (Phi) is 9.73. The van der Waals surface area contributed by atoms with Crippen molar-refractivity contribution < 1.29 is 18.9 Å². The molecule has 0 fully saturated rings. The van der Waals surface area contributed by atoms with Gasteiger partial charge in [-0.3, -0.25) is 9.59 Å². The van der Waals surface area contributed by atoms with Crippen LogP contribution in [0.25, 0.3) is 0 Å². The van der Waals surface area contributed by atoms with E-state index in [9.17, 15) is 9.59 Å². The Balaban J connectivity index is 2.53. The van der Waals surface area contributed by atoms with Crippen LogP contribution < -0.4 is 0 Å². The first-order valence-corrected chi connectivity index (χ1v) is 12.0. The Morgan fingerprint density at radius 3 is 2.07 bits per heavy atom. The van der Waals surface area contributed by atoms with Crippen LogP contribution in [0.3, 0.4) is 0 Å². The Labute approximate surface area is 165 Å². The van der Waals surface area contributed by atoms with Crippen molar-refractivity contribution in [2.45, 2.75) is 77.6 Å². The molecule has 1 rings (SSSR count). The number of nitrogens with zero attached hydrogens (tertiary/aromatic N) is 1. The lowest BCUT2D eigenvalue weighted by Gasteiger charge is -2.43. The van der Waals surface area contributed by atoms with Crippen LogP contribution in [0, 0.1) is 0 Å². The van der Waals surface area contributed by atoms with E-state index >= 15 is 0 Å². The largest absolute Gasteiger partial charge is 0.461 e. The van der Waals surface area contributed by atoms with Crippen LogP contribution in [0.1, 0.15) is 59.9 Å². The minimum Gasteiger partial charge on any atom is -0.461 e. The topological polar surface area (TPSA) is 55.8 Å². The summed E-state index contributed by atoms with van der Waals surface area (Å²) in [5, 5.41) is 1.40. The van der Waals surface area contributed by atoms with Gasteiger partial charge in [0.2, 0.25) is 14.7 Å². The molecule has 0 atom stereocenters. The van der Waals surface area contributed by atoms with Gasteiger partial charge in [0.15, 0.2) is 0 Å². The minimum absolute atomic E-state index is 0.259. The Morgan fingerprint density at radius 2 is 1.59 bits per heavy atom. The number of benzene rings is 1. The van der Waals surface area contributed by atoms with Crippen LogP contribution in [0.15, 0.2) is 30.3 Å². The lowest BCUT2D eigenvalue weighted by atomic mass is 10.2. The number of carbonyl (C=O) groups is 2. The third-order valence-electron chi connectivity index (χ3n) is 5.10. The van der Waals surface area contributed by atoms with Gasteiger partial charge in [-0.15, -0.1) is 0 Å². The molecule has 5 nitrogen and oxygen atoms in total. The quantitative estimate of drug-likeness (QED) is 0.215. The Bertz CT molecular complexity index is 553. The molecule has 0 radical (unpaired) electrons. The van der Waals surface area contributed by atoms with Crippen molar-refractivity contribution in [1.29, 1.82) is 0 Å². The van der Waals surface area contributed by atoms with Crippen molar-refractivity contribution >= 4 is 20.7 Å². The molecule has 0 aliphatic rings. The van der Waals surface area contributed by atoms with E-state index in [1.165, 1.54) is 5.06 Å². The highest BCUT2D eigenvalue weighted by Crippen LogP contribution is 2.42. The van der Waals surface area contributed by atoms with Gasteiger partial charge in [0.25, 0.3) is 0 Å². The van der Waals surface area contributed by atoms with Gasteiger partial charge in [-0.05, 0) is 28.6 Å². The molecule has 0 aliphatic carbocycles. The molecule has 1 aromatic carbocycles. The lowest BCUT2D eigenvalue weighted by molar-refractivity contribution is -0.150. The molecule has 152 valence electrons. The molecule has 0 saturated heterocycles. The molecule has 0 N–H and O–H groups in total. The normalized spacial score (nSPS) is 11.9. The maximum Gasteiger partial charge on any atom is 0.306 e. The summed E-state index contributed by atoms with van der Waals surface area (Å²) in [4.78, 5) is 23.5. The smallest absolute Gasteiger partial charge is 0.306 e. The number of ether oxygens (including phenoxy) is 1. The molecule has 0 unspecified atom stereocenters. The summed E-state index contributed by atoms with van der Waals surface area (Å²) < 4.78 is 11.6. The van der Waals surface area contributed by atoms with Gasteiger partial charge >= 0.3 is 5.97 Å². The second-order valence-electron chi connectivity index (χ2n) is 7.90. The molecule has 0 saturated carbocycles. The van der Waals surface area contributed by atoms with Crippen molar-refractivity contribution in [1.82, 2.24) is 5.06 Å². The van der Waals surface area contributed by atoms with Gasteiger partial charge in [0, 0.05) is 13.0 Å². The summed E-state index contributed by atoms with van der Waals surface area (Å²) in [6.07, 6.45) is 1.52. The van der Waals surface area contributed by atoms with E-state index in [0.29, 0.717) is 29.6 Å². The van der Waals surface area contributed by atoms with E-state index in [2.05, 4.69) is 41.5 Å². The fraction of sp³-hybridized carbons (Fsp3) is 0.619. The maximum absolute atomic E-state index is 11.9. The van der Waals surface area contributed by atoms with Crippen LogP contribution in [-0.4, -0.2) is 32.3 Å². The van der Waals surface area contributed by atoms with E-state index < -0.39 is 8.32 Å². The average Bonchev–Trinajstić information content (AvgIpc) is 2.62. The van der Waals surface area contributed by atoms with Crippen molar-refractivity contribution in [2.24, 2.45) is 0 Å². The van der Waals surface area contributed by atoms with E-state index in [1.54, 1.807) is 0 Å². The summed E-state index contributed by atoms with van der Waals surface area (Å²) >= 11 is 0. The summed E-state index contributed by atoms with van der Waals surface area (Å²) in [7, 11) is -2.17. The monoisotopic (exact) mass is 393 g/mol.